The summed E-state index contributed by atoms with van der Waals surface area (Å²) >= 11 is 1.37. The van der Waals surface area contributed by atoms with Gasteiger partial charge in [-0.1, -0.05) is 24.8 Å². The van der Waals surface area contributed by atoms with Crippen LogP contribution in [0.4, 0.5) is 0 Å². The van der Waals surface area contributed by atoms with Gasteiger partial charge in [-0.15, -0.1) is 11.3 Å². The van der Waals surface area contributed by atoms with E-state index in [0.717, 1.165) is 21.7 Å². The lowest BCUT2D eigenvalue weighted by Crippen LogP contribution is -2.42. The first-order chi connectivity index (χ1) is 14.9. The van der Waals surface area contributed by atoms with Crippen molar-refractivity contribution < 1.29 is 14.3 Å². The molecule has 0 bridgehead atoms. The number of benzene rings is 1. The quantitative estimate of drug-likeness (QED) is 0.525. The van der Waals surface area contributed by atoms with E-state index < -0.39 is 17.9 Å². The number of carbonyl (C=O) groups excluding carboxylic acids is 2. The van der Waals surface area contributed by atoms with Gasteiger partial charge >= 0.3 is 5.97 Å². The molecule has 3 N–H and O–H groups in total. The van der Waals surface area contributed by atoms with E-state index in [4.69, 9.17) is 10.5 Å². The van der Waals surface area contributed by atoms with E-state index >= 15 is 0 Å². The van der Waals surface area contributed by atoms with E-state index in [1.165, 1.54) is 18.4 Å². The molecular formula is C23H24N4O3S. The molecule has 3 rings (SSSR count). The molecule has 2 heterocycles. The summed E-state index contributed by atoms with van der Waals surface area (Å²) in [5.41, 5.74) is 9.11. The van der Waals surface area contributed by atoms with Crippen molar-refractivity contribution in [3.63, 3.8) is 0 Å². The average molecular weight is 437 g/mol. The van der Waals surface area contributed by atoms with Crippen LogP contribution < -0.4 is 11.1 Å². The van der Waals surface area contributed by atoms with Gasteiger partial charge in [0, 0.05) is 35.1 Å². The van der Waals surface area contributed by atoms with Gasteiger partial charge in [0.25, 0.3) is 5.91 Å². The van der Waals surface area contributed by atoms with Crippen molar-refractivity contribution in [1.29, 1.82) is 0 Å². The van der Waals surface area contributed by atoms with Crippen LogP contribution in [-0.2, 0) is 16.0 Å². The summed E-state index contributed by atoms with van der Waals surface area (Å²) in [5.74, 6) is -1.32. The van der Waals surface area contributed by atoms with Gasteiger partial charge in [-0.2, -0.15) is 0 Å². The van der Waals surface area contributed by atoms with Crippen molar-refractivity contribution in [1.82, 2.24) is 15.3 Å². The number of thiazole rings is 1. The molecule has 1 amide bonds. The van der Waals surface area contributed by atoms with E-state index in [9.17, 15) is 9.59 Å². The number of pyridine rings is 1. The Hall–Kier alpha value is -3.52. The number of hydrogen-bond acceptors (Lipinski definition) is 7. The largest absolute Gasteiger partial charge is 0.469 e. The predicted octanol–water partition coefficient (Wildman–Crippen LogP) is 3.28. The van der Waals surface area contributed by atoms with Crippen LogP contribution in [0.5, 0.6) is 0 Å². The number of esters is 1. The summed E-state index contributed by atoms with van der Waals surface area (Å²) < 4.78 is 4.98. The molecule has 0 saturated heterocycles. The average Bonchev–Trinajstić information content (AvgIpc) is 3.28. The first kappa shape index (κ1) is 22.2. The van der Waals surface area contributed by atoms with Crippen LogP contribution in [0.2, 0.25) is 0 Å². The highest BCUT2D eigenvalue weighted by Gasteiger charge is 2.28. The molecule has 7 nitrogen and oxygen atoms in total. The van der Waals surface area contributed by atoms with Crippen LogP contribution in [0.25, 0.3) is 16.3 Å². The van der Waals surface area contributed by atoms with Crippen molar-refractivity contribution >= 4 is 28.9 Å². The van der Waals surface area contributed by atoms with E-state index in [1.54, 1.807) is 24.7 Å². The van der Waals surface area contributed by atoms with Crippen LogP contribution in [0.15, 0.2) is 60.8 Å². The van der Waals surface area contributed by atoms with E-state index in [1.807, 2.05) is 36.4 Å². The Balaban J connectivity index is 1.73. The van der Waals surface area contributed by atoms with Gasteiger partial charge in [0.15, 0.2) is 0 Å². The number of nitrogens with two attached hydrogens (primary N) is 1. The van der Waals surface area contributed by atoms with Crippen LogP contribution >= 0.6 is 11.3 Å². The molecule has 0 fully saturated rings. The van der Waals surface area contributed by atoms with Crippen LogP contribution in [0.3, 0.4) is 0 Å². The molecule has 0 aliphatic carbocycles. The fourth-order valence-corrected chi connectivity index (χ4v) is 3.96. The van der Waals surface area contributed by atoms with Crippen LogP contribution in [-0.4, -0.2) is 35.0 Å². The number of nitrogens with zero attached hydrogens (tertiary/aromatic N) is 2. The molecule has 0 aliphatic heterocycles. The third-order valence-electron chi connectivity index (χ3n) is 4.88. The van der Waals surface area contributed by atoms with Gasteiger partial charge in [-0.05, 0) is 42.7 Å². The number of amides is 1. The molecule has 8 heteroatoms. The number of aromatic nitrogens is 2. The Morgan fingerprint density at radius 3 is 2.68 bits per heavy atom. The lowest BCUT2D eigenvalue weighted by Gasteiger charge is -2.23. The number of rotatable bonds is 8. The van der Waals surface area contributed by atoms with Crippen molar-refractivity contribution in [2.45, 2.75) is 19.4 Å². The topological polar surface area (TPSA) is 107 Å². The third kappa shape index (κ3) is 5.55. The molecular weight excluding hydrogens is 412 g/mol. The zero-order valence-electron chi connectivity index (χ0n) is 17.4. The number of ether oxygens (including phenoxy) is 1. The highest BCUT2D eigenvalue weighted by Crippen LogP contribution is 2.23. The summed E-state index contributed by atoms with van der Waals surface area (Å²) in [7, 11) is 1.34. The molecule has 160 valence electrons. The number of carbonyl (C=O) groups is 2. The second-order valence-electron chi connectivity index (χ2n) is 7.10. The molecule has 0 spiro atoms. The summed E-state index contributed by atoms with van der Waals surface area (Å²) in [6, 6.07) is 10.7. The van der Waals surface area contributed by atoms with Gasteiger partial charge in [0.05, 0.1) is 13.0 Å². The zero-order valence-corrected chi connectivity index (χ0v) is 18.2. The van der Waals surface area contributed by atoms with Crippen molar-refractivity contribution in [3.05, 3.63) is 77.6 Å². The monoisotopic (exact) mass is 436 g/mol. The van der Waals surface area contributed by atoms with E-state index in [-0.39, 0.29) is 5.91 Å². The highest BCUT2D eigenvalue weighted by molar-refractivity contribution is 7.13. The number of methoxy groups -OCH3 is 1. The van der Waals surface area contributed by atoms with Gasteiger partial charge < -0.3 is 15.8 Å². The molecule has 2 atom stereocenters. The molecule has 31 heavy (non-hydrogen) atoms. The fourth-order valence-electron chi connectivity index (χ4n) is 3.15. The zero-order chi connectivity index (χ0) is 22.4. The van der Waals surface area contributed by atoms with Crippen molar-refractivity contribution in [2.75, 3.05) is 7.11 Å². The Morgan fingerprint density at radius 1 is 1.26 bits per heavy atom. The summed E-state index contributed by atoms with van der Waals surface area (Å²) in [6.07, 6.45) is 3.73. The second-order valence-corrected chi connectivity index (χ2v) is 7.95. The third-order valence-corrected chi connectivity index (χ3v) is 5.78. The summed E-state index contributed by atoms with van der Waals surface area (Å²) in [5, 5.41) is 5.30. The minimum atomic E-state index is -0.575. The van der Waals surface area contributed by atoms with Crippen LogP contribution in [0.1, 0.15) is 28.5 Å². The maximum atomic E-state index is 12.8. The summed E-state index contributed by atoms with van der Waals surface area (Å²) in [4.78, 5) is 33.6. The minimum absolute atomic E-state index is 0.300. The summed E-state index contributed by atoms with van der Waals surface area (Å²) in [6.45, 7) is 5.53. The Kier molecular flexibility index (Phi) is 7.15. The van der Waals surface area contributed by atoms with E-state index in [0.29, 0.717) is 17.8 Å². The normalized spacial score (nSPS) is 12.6. The van der Waals surface area contributed by atoms with Gasteiger partial charge in [-0.25, -0.2) is 4.98 Å². The molecule has 0 saturated carbocycles. The molecule has 3 aromatic rings. The SMILES string of the molecule is C=C(N)c1cccc(CC(C(=O)OC)C(C)NC(=O)c2csc(-c3ccncc3)n2)c1. The Labute approximate surface area is 185 Å². The second kappa shape index (κ2) is 9.99. The van der Waals surface area contributed by atoms with E-state index in [2.05, 4.69) is 21.9 Å². The maximum absolute atomic E-state index is 12.8. The smallest absolute Gasteiger partial charge is 0.311 e. The molecule has 2 unspecified atom stereocenters. The molecule has 2 aromatic heterocycles. The van der Waals surface area contributed by atoms with Gasteiger partial charge in [-0.3, -0.25) is 14.6 Å². The minimum Gasteiger partial charge on any atom is -0.469 e. The highest BCUT2D eigenvalue weighted by atomic mass is 32.1. The van der Waals surface area contributed by atoms with Gasteiger partial charge in [0.1, 0.15) is 10.7 Å². The Bertz CT molecular complexity index is 1080. The molecule has 0 radical (unpaired) electrons. The lowest BCUT2D eigenvalue weighted by atomic mass is 9.92. The molecule has 0 aliphatic rings. The first-order valence-corrected chi connectivity index (χ1v) is 10.5. The molecule has 1 aromatic carbocycles. The maximum Gasteiger partial charge on any atom is 0.311 e. The fraction of sp³-hybridized carbons (Fsp3) is 0.217. The lowest BCUT2D eigenvalue weighted by molar-refractivity contribution is -0.146. The number of nitrogens with one attached hydrogen (secondary N) is 1. The number of hydrogen-bond donors (Lipinski definition) is 2. The van der Waals surface area contributed by atoms with Crippen molar-refractivity contribution in [2.24, 2.45) is 11.7 Å². The van der Waals surface area contributed by atoms with Gasteiger partial charge in [0.2, 0.25) is 0 Å². The van der Waals surface area contributed by atoms with Crippen molar-refractivity contribution in [3.8, 4) is 10.6 Å². The van der Waals surface area contributed by atoms with Crippen LogP contribution in [0, 0.1) is 5.92 Å². The standard InChI is InChI=1S/C23H24N4O3S/c1-14(24)18-6-4-5-16(11-18)12-19(23(29)30-3)15(2)26-21(28)20-13-31-22(27-20)17-7-9-25-10-8-17/h4-11,13,15,19H,1,12,24H2,2-3H3,(H,26,28). The Morgan fingerprint density at radius 2 is 2.00 bits per heavy atom. The predicted molar refractivity (Wildman–Crippen MR) is 121 cm³/mol. The first-order valence-electron chi connectivity index (χ1n) is 9.67.